The molecule has 1 unspecified atom stereocenters. The van der Waals surface area contributed by atoms with E-state index in [9.17, 15) is 18.0 Å². The Morgan fingerprint density at radius 3 is 2.63 bits per heavy atom. The van der Waals surface area contributed by atoms with Gasteiger partial charge in [-0.15, -0.1) is 0 Å². The van der Waals surface area contributed by atoms with Gasteiger partial charge in [0.05, 0.1) is 37.3 Å². The summed E-state index contributed by atoms with van der Waals surface area (Å²) < 4.78 is 33.0. The number of hydrogen-bond donors (Lipinski definition) is 2. The lowest BCUT2D eigenvalue weighted by molar-refractivity contribution is -0.124. The minimum Gasteiger partial charge on any atom is -0.493 e. The summed E-state index contributed by atoms with van der Waals surface area (Å²) in [6.07, 6.45) is 3.16. The van der Waals surface area contributed by atoms with E-state index in [0.717, 1.165) is 0 Å². The normalized spacial score (nSPS) is 18.3. The largest absolute Gasteiger partial charge is 0.493 e. The van der Waals surface area contributed by atoms with Crippen molar-refractivity contribution in [3.63, 3.8) is 0 Å². The molecule has 1 heterocycles. The molecule has 0 aliphatic carbocycles. The van der Waals surface area contributed by atoms with Crippen molar-refractivity contribution in [2.24, 2.45) is 0 Å². The molecule has 2 rings (SSSR count). The molecule has 0 saturated carbocycles. The van der Waals surface area contributed by atoms with Crippen molar-refractivity contribution in [2.45, 2.75) is 12.5 Å². The Morgan fingerprint density at radius 2 is 2.04 bits per heavy atom. The van der Waals surface area contributed by atoms with Gasteiger partial charge in [-0.3, -0.25) is 9.59 Å². The number of carbonyl (C=O) groups excluding carboxylic acids is 2. The molecule has 1 atom stereocenters. The molecule has 1 aliphatic heterocycles. The molecule has 10 heteroatoms. The first-order valence-electron chi connectivity index (χ1n) is 8.11. The van der Waals surface area contributed by atoms with Gasteiger partial charge in [-0.2, -0.15) is 0 Å². The molecule has 0 spiro atoms. The first-order valence-corrected chi connectivity index (χ1v) is 10.3. The fourth-order valence-electron chi connectivity index (χ4n) is 2.62. The third-order valence-electron chi connectivity index (χ3n) is 3.90. The predicted octanol–water partition coefficient (Wildman–Crippen LogP) is 0.790. The zero-order valence-electron chi connectivity index (χ0n) is 15.0. The number of ether oxygens (including phenoxy) is 2. The van der Waals surface area contributed by atoms with Gasteiger partial charge >= 0.3 is 0 Å². The smallest absolute Gasteiger partial charge is 0.244 e. The van der Waals surface area contributed by atoms with Gasteiger partial charge in [-0.05, 0) is 30.2 Å². The first-order chi connectivity index (χ1) is 12.7. The van der Waals surface area contributed by atoms with E-state index in [2.05, 4.69) is 10.6 Å². The Hall–Kier alpha value is -2.26. The van der Waals surface area contributed by atoms with Crippen LogP contribution in [-0.4, -0.2) is 58.5 Å². The third kappa shape index (κ3) is 6.14. The lowest BCUT2D eigenvalue weighted by atomic mass is 10.2. The molecule has 2 N–H and O–H groups in total. The Kier molecular flexibility index (Phi) is 7.09. The van der Waals surface area contributed by atoms with Gasteiger partial charge in [0.15, 0.2) is 21.3 Å². The van der Waals surface area contributed by atoms with Crippen molar-refractivity contribution in [3.05, 3.63) is 28.8 Å². The van der Waals surface area contributed by atoms with Crippen molar-refractivity contribution in [3.8, 4) is 11.5 Å². The number of methoxy groups -OCH3 is 2. The minimum atomic E-state index is -3.07. The molecular weight excluding hydrogens is 396 g/mol. The van der Waals surface area contributed by atoms with E-state index in [1.807, 2.05) is 0 Å². The van der Waals surface area contributed by atoms with E-state index in [1.54, 1.807) is 12.1 Å². The van der Waals surface area contributed by atoms with E-state index in [-0.39, 0.29) is 18.1 Å². The maximum Gasteiger partial charge on any atom is 0.244 e. The molecule has 1 aliphatic rings. The number of benzene rings is 1. The van der Waals surface area contributed by atoms with Crippen LogP contribution < -0.4 is 20.1 Å². The molecule has 8 nitrogen and oxygen atoms in total. The summed E-state index contributed by atoms with van der Waals surface area (Å²) >= 11 is 6.10. The summed E-state index contributed by atoms with van der Waals surface area (Å²) in [5, 5.41) is 5.37. The maximum atomic E-state index is 11.9. The third-order valence-corrected chi connectivity index (χ3v) is 5.95. The molecule has 0 bridgehead atoms. The molecule has 1 aromatic carbocycles. The van der Waals surface area contributed by atoms with Gasteiger partial charge in [0.1, 0.15) is 0 Å². The van der Waals surface area contributed by atoms with Gasteiger partial charge < -0.3 is 20.1 Å². The predicted molar refractivity (Wildman–Crippen MR) is 102 cm³/mol. The molecule has 0 aromatic heterocycles. The van der Waals surface area contributed by atoms with Crippen LogP contribution in [0.5, 0.6) is 11.5 Å². The second kappa shape index (κ2) is 9.09. The van der Waals surface area contributed by atoms with Crippen LogP contribution in [0.3, 0.4) is 0 Å². The fourth-order valence-corrected chi connectivity index (χ4v) is 4.59. The average Bonchev–Trinajstić information content (AvgIpc) is 2.95. The van der Waals surface area contributed by atoms with Crippen molar-refractivity contribution >= 4 is 39.3 Å². The van der Waals surface area contributed by atoms with Crippen LogP contribution in [0.1, 0.15) is 12.0 Å². The highest BCUT2D eigenvalue weighted by atomic mass is 35.5. The SMILES string of the molecule is COc1cc(/C=C/C(=O)NCC(=O)NC2CCS(=O)(=O)C2)cc(Cl)c1OC. The molecule has 148 valence electrons. The summed E-state index contributed by atoms with van der Waals surface area (Å²) in [6, 6.07) is 2.87. The van der Waals surface area contributed by atoms with Crippen molar-refractivity contribution in [1.82, 2.24) is 10.6 Å². The van der Waals surface area contributed by atoms with E-state index in [0.29, 0.717) is 28.5 Å². The Balaban J connectivity index is 1.86. The van der Waals surface area contributed by atoms with Gasteiger partial charge in [0.2, 0.25) is 11.8 Å². The first kappa shape index (κ1) is 21.0. The van der Waals surface area contributed by atoms with Gasteiger partial charge in [-0.1, -0.05) is 11.6 Å². The van der Waals surface area contributed by atoms with E-state index < -0.39 is 27.7 Å². The standard InChI is InChI=1S/C17H21ClN2O6S/c1-25-14-8-11(7-13(18)17(14)26-2)3-4-15(21)19-9-16(22)20-12-5-6-27(23,24)10-12/h3-4,7-8,12H,5-6,9-10H2,1-2H3,(H,19,21)(H,20,22)/b4-3+. The van der Waals surface area contributed by atoms with Crippen molar-refractivity contribution in [1.29, 1.82) is 0 Å². The van der Waals surface area contributed by atoms with Crippen molar-refractivity contribution < 1.29 is 27.5 Å². The van der Waals surface area contributed by atoms with E-state index in [4.69, 9.17) is 21.1 Å². The summed E-state index contributed by atoms with van der Waals surface area (Å²) in [5.41, 5.74) is 0.619. The Labute approximate surface area is 162 Å². The summed E-state index contributed by atoms with van der Waals surface area (Å²) in [7, 11) is -0.123. The molecular formula is C17H21ClN2O6S. The number of sulfone groups is 1. The number of halogens is 1. The molecule has 1 fully saturated rings. The number of hydrogen-bond acceptors (Lipinski definition) is 6. The van der Waals surface area contributed by atoms with Crippen LogP contribution in [0.4, 0.5) is 0 Å². The van der Waals surface area contributed by atoms with Crippen molar-refractivity contribution in [2.75, 3.05) is 32.3 Å². The highest BCUT2D eigenvalue weighted by molar-refractivity contribution is 7.91. The zero-order chi connectivity index (χ0) is 20.0. The van der Waals surface area contributed by atoms with Crippen LogP contribution >= 0.6 is 11.6 Å². The monoisotopic (exact) mass is 416 g/mol. The van der Waals surface area contributed by atoms with E-state index in [1.165, 1.54) is 26.4 Å². The number of nitrogens with one attached hydrogen (secondary N) is 2. The Bertz CT molecular complexity index is 853. The van der Waals surface area contributed by atoms with Crippen LogP contribution in [0.15, 0.2) is 18.2 Å². The van der Waals surface area contributed by atoms with Crippen LogP contribution in [0.2, 0.25) is 5.02 Å². The van der Waals surface area contributed by atoms with Gasteiger partial charge in [-0.25, -0.2) is 8.42 Å². The minimum absolute atomic E-state index is 0.0628. The van der Waals surface area contributed by atoms with Gasteiger partial charge in [0, 0.05) is 12.1 Å². The lowest BCUT2D eigenvalue weighted by Gasteiger charge is -2.11. The quantitative estimate of drug-likeness (QED) is 0.636. The maximum absolute atomic E-state index is 11.9. The number of rotatable bonds is 7. The average molecular weight is 417 g/mol. The highest BCUT2D eigenvalue weighted by Crippen LogP contribution is 2.36. The summed E-state index contributed by atoms with van der Waals surface area (Å²) in [4.78, 5) is 23.7. The van der Waals surface area contributed by atoms with Gasteiger partial charge in [0.25, 0.3) is 0 Å². The summed E-state index contributed by atoms with van der Waals surface area (Å²) in [6.45, 7) is -0.244. The Morgan fingerprint density at radius 1 is 1.30 bits per heavy atom. The molecule has 27 heavy (non-hydrogen) atoms. The molecule has 1 saturated heterocycles. The molecule has 1 aromatic rings. The second-order valence-corrected chi connectivity index (χ2v) is 8.59. The molecule has 2 amide bonds. The number of carbonyl (C=O) groups is 2. The summed E-state index contributed by atoms with van der Waals surface area (Å²) in [5.74, 6) is -0.0847. The highest BCUT2D eigenvalue weighted by Gasteiger charge is 2.28. The fraction of sp³-hybridized carbons (Fsp3) is 0.412. The van der Waals surface area contributed by atoms with Crippen LogP contribution in [0, 0.1) is 0 Å². The zero-order valence-corrected chi connectivity index (χ0v) is 16.5. The molecule has 0 radical (unpaired) electrons. The topological polar surface area (TPSA) is 111 Å². The lowest BCUT2D eigenvalue weighted by Crippen LogP contribution is -2.42. The number of amides is 2. The second-order valence-electron chi connectivity index (χ2n) is 5.96. The van der Waals surface area contributed by atoms with Crippen LogP contribution in [-0.2, 0) is 19.4 Å². The van der Waals surface area contributed by atoms with Crippen LogP contribution in [0.25, 0.3) is 6.08 Å². The van der Waals surface area contributed by atoms with E-state index >= 15 is 0 Å².